The summed E-state index contributed by atoms with van der Waals surface area (Å²) in [5.74, 6) is 1.46. The molecule has 2 bridgehead atoms. The molecule has 1 aliphatic heterocycles. The van der Waals surface area contributed by atoms with E-state index in [4.69, 9.17) is 9.47 Å². The molecule has 7 rings (SSSR count). The number of hydrogen-bond acceptors (Lipinski definition) is 7. The zero-order valence-electron chi connectivity index (χ0n) is 19.2. The normalized spacial score (nSPS) is 29.4. The van der Waals surface area contributed by atoms with Crippen molar-refractivity contribution in [3.63, 3.8) is 0 Å². The highest BCUT2D eigenvalue weighted by atomic mass is 127. The molecule has 0 spiro atoms. The zero-order valence-corrected chi connectivity index (χ0v) is 21.4. The van der Waals surface area contributed by atoms with Crippen LogP contribution in [-0.4, -0.2) is 35.1 Å². The van der Waals surface area contributed by atoms with E-state index in [1.54, 1.807) is 18.2 Å². The monoisotopic (exact) mass is 599 g/mol. The Morgan fingerprint density at radius 2 is 1.75 bits per heavy atom. The van der Waals surface area contributed by atoms with Gasteiger partial charge in [-0.3, -0.25) is 19.7 Å². The van der Waals surface area contributed by atoms with Gasteiger partial charge in [-0.25, -0.2) is 0 Å². The van der Waals surface area contributed by atoms with Gasteiger partial charge in [0.05, 0.1) is 33.7 Å². The van der Waals surface area contributed by atoms with Crippen molar-refractivity contribution >= 4 is 46.3 Å². The summed E-state index contributed by atoms with van der Waals surface area (Å²) in [4.78, 5) is 36.6. The average molecular weight is 599 g/mol. The van der Waals surface area contributed by atoms with E-state index in [0.29, 0.717) is 28.9 Å². The molecule has 3 fully saturated rings. The summed E-state index contributed by atoms with van der Waals surface area (Å²) in [7, 11) is 1.53. The Balaban J connectivity index is 1.18. The molecule has 2 amide bonds. The number of methoxy groups -OCH3 is 1. The summed E-state index contributed by atoms with van der Waals surface area (Å²) >= 11 is 2.12. The molecular formula is C26H22IN3O6. The van der Waals surface area contributed by atoms with E-state index in [1.807, 2.05) is 6.07 Å². The minimum Gasteiger partial charge on any atom is -0.493 e. The third kappa shape index (κ3) is 3.69. The fourth-order valence-corrected chi connectivity index (χ4v) is 6.78. The highest BCUT2D eigenvalue weighted by Gasteiger charge is 2.67. The molecule has 1 heterocycles. The van der Waals surface area contributed by atoms with E-state index in [9.17, 15) is 19.7 Å². The molecule has 1 saturated heterocycles. The van der Waals surface area contributed by atoms with E-state index >= 15 is 0 Å². The van der Waals surface area contributed by atoms with E-state index in [2.05, 4.69) is 39.8 Å². The van der Waals surface area contributed by atoms with Crippen molar-refractivity contribution in [3.05, 3.63) is 73.4 Å². The maximum atomic E-state index is 13.1. The summed E-state index contributed by atoms with van der Waals surface area (Å²) in [5.41, 5.74) is 1.46. The van der Waals surface area contributed by atoms with Gasteiger partial charge in [0.25, 0.3) is 17.5 Å². The molecule has 0 N–H and O–H groups in total. The Bertz CT molecular complexity index is 1300. The molecule has 0 radical (unpaired) electrons. The topological polar surface area (TPSA) is 111 Å². The number of amides is 2. The highest BCUT2D eigenvalue weighted by Crippen LogP contribution is 2.65. The molecular weight excluding hydrogens is 577 g/mol. The largest absolute Gasteiger partial charge is 0.493 e. The quantitative estimate of drug-likeness (QED) is 0.118. The molecule has 10 heteroatoms. The summed E-state index contributed by atoms with van der Waals surface area (Å²) in [5, 5.41) is 16.2. The fourth-order valence-electron chi connectivity index (χ4n) is 6.00. The predicted octanol–water partition coefficient (Wildman–Crippen LogP) is 4.17. The second-order valence-corrected chi connectivity index (χ2v) is 10.8. The van der Waals surface area contributed by atoms with E-state index in [-0.39, 0.29) is 47.8 Å². The second kappa shape index (κ2) is 8.68. The van der Waals surface area contributed by atoms with Crippen molar-refractivity contribution in [3.8, 4) is 11.5 Å². The van der Waals surface area contributed by atoms with Crippen LogP contribution in [-0.2, 0) is 16.2 Å². The van der Waals surface area contributed by atoms with E-state index < -0.39 is 4.92 Å². The zero-order chi connectivity index (χ0) is 25.1. The molecule has 4 aliphatic carbocycles. The van der Waals surface area contributed by atoms with E-state index in [0.717, 1.165) is 20.6 Å². The first-order chi connectivity index (χ1) is 17.4. The first-order valence-corrected chi connectivity index (χ1v) is 12.8. The number of nitro groups is 1. The van der Waals surface area contributed by atoms with Crippen LogP contribution in [0.2, 0.25) is 0 Å². The van der Waals surface area contributed by atoms with Crippen LogP contribution < -0.4 is 9.47 Å². The summed E-state index contributed by atoms with van der Waals surface area (Å²) in [6, 6.07) is 9.71. The number of carbonyl (C=O) groups excluding carboxylic acids is 2. The molecule has 184 valence electrons. The maximum absolute atomic E-state index is 13.1. The van der Waals surface area contributed by atoms with Crippen LogP contribution in [0.15, 0.2) is 53.7 Å². The molecule has 0 aromatic heterocycles. The van der Waals surface area contributed by atoms with Gasteiger partial charge < -0.3 is 9.47 Å². The Kier molecular flexibility index (Phi) is 5.58. The fraction of sp³-hybridized carbons (Fsp3) is 0.346. The van der Waals surface area contributed by atoms with Crippen LogP contribution in [0.4, 0.5) is 5.69 Å². The third-order valence-corrected chi connectivity index (χ3v) is 8.55. The number of ether oxygens (including phenoxy) is 2. The number of non-ortho nitro benzene ring substituents is 1. The van der Waals surface area contributed by atoms with Crippen LogP contribution >= 0.6 is 22.6 Å². The van der Waals surface area contributed by atoms with Crippen molar-refractivity contribution in [1.29, 1.82) is 0 Å². The van der Waals surface area contributed by atoms with Gasteiger partial charge in [-0.15, -0.1) is 0 Å². The first kappa shape index (κ1) is 23.1. The van der Waals surface area contributed by atoms with Gasteiger partial charge in [0.2, 0.25) is 0 Å². The number of rotatable bonds is 7. The number of hydrazone groups is 1. The third-order valence-electron chi connectivity index (χ3n) is 7.74. The molecule has 9 nitrogen and oxygen atoms in total. The van der Waals surface area contributed by atoms with Gasteiger partial charge >= 0.3 is 0 Å². The molecule has 5 aliphatic rings. The average Bonchev–Trinajstić information content (AvgIpc) is 3.66. The standard InChI is InChI=1S/C26H22IN3O6/c1-35-21-9-14(8-20(27)24(21)36-12-13-2-4-15(5-3-13)30(33)34)11-28-29-25(31)22-16-6-7-17(19-10-18(16)19)23(22)26(29)32/h2-9,11,16-19,22-23H,10,12H2,1H3/b28-11-/t16-,17-,18-,19-,22-,23+/m0/s1. The predicted molar refractivity (Wildman–Crippen MR) is 137 cm³/mol. The SMILES string of the molecule is COc1cc(/C=N\N2C(=O)[C@@H]3[C@H]4C=C[C@@H]([C@@H]5C[C@@H]45)[C@@H]3C2=O)cc(I)c1OCc1ccc([N+](=O)[O-])cc1. The highest BCUT2D eigenvalue weighted by molar-refractivity contribution is 14.1. The van der Waals surface area contributed by atoms with Crippen LogP contribution in [0.3, 0.4) is 0 Å². The summed E-state index contributed by atoms with van der Waals surface area (Å²) in [6.07, 6.45) is 6.91. The Labute approximate surface area is 220 Å². The Morgan fingerprint density at radius 3 is 2.33 bits per heavy atom. The molecule has 2 saturated carbocycles. The minimum atomic E-state index is -0.447. The van der Waals surface area contributed by atoms with Gasteiger partial charge in [-0.2, -0.15) is 10.1 Å². The van der Waals surface area contributed by atoms with Crippen molar-refractivity contribution < 1.29 is 24.0 Å². The minimum absolute atomic E-state index is 0.0180. The van der Waals surface area contributed by atoms with Crippen molar-refractivity contribution in [2.45, 2.75) is 13.0 Å². The summed E-state index contributed by atoms with van der Waals surface area (Å²) < 4.78 is 12.2. The number of imide groups is 1. The summed E-state index contributed by atoms with van der Waals surface area (Å²) in [6.45, 7) is 0.204. The van der Waals surface area contributed by atoms with Crippen molar-refractivity contribution in [2.75, 3.05) is 7.11 Å². The lowest BCUT2D eigenvalue weighted by atomic mass is 9.63. The number of benzene rings is 2. The number of nitrogens with zero attached hydrogens (tertiary/aromatic N) is 3. The van der Waals surface area contributed by atoms with Crippen molar-refractivity contribution in [2.24, 2.45) is 40.6 Å². The lowest BCUT2D eigenvalue weighted by Crippen LogP contribution is -2.40. The van der Waals surface area contributed by atoms with Gasteiger partial charge in [0.15, 0.2) is 11.5 Å². The first-order valence-electron chi connectivity index (χ1n) is 11.7. The lowest BCUT2D eigenvalue weighted by molar-refractivity contribution is -0.384. The van der Waals surface area contributed by atoms with Crippen LogP contribution in [0.25, 0.3) is 0 Å². The van der Waals surface area contributed by atoms with Crippen LogP contribution in [0, 0.1) is 49.2 Å². The van der Waals surface area contributed by atoms with Gasteiger partial charge in [0.1, 0.15) is 6.61 Å². The van der Waals surface area contributed by atoms with Gasteiger partial charge in [-0.1, -0.05) is 12.2 Å². The number of hydrogen-bond donors (Lipinski definition) is 0. The molecule has 0 unspecified atom stereocenters. The Hall–Kier alpha value is -3.28. The second-order valence-electron chi connectivity index (χ2n) is 9.63. The van der Waals surface area contributed by atoms with Crippen molar-refractivity contribution in [1.82, 2.24) is 5.01 Å². The van der Waals surface area contributed by atoms with E-state index in [1.165, 1.54) is 25.5 Å². The molecule has 2 aromatic carbocycles. The number of nitro benzene ring substituents is 1. The number of carbonyl (C=O) groups is 2. The molecule has 2 aromatic rings. The smallest absolute Gasteiger partial charge is 0.269 e. The number of allylic oxidation sites excluding steroid dienone is 2. The molecule has 36 heavy (non-hydrogen) atoms. The van der Waals surface area contributed by atoms with Crippen LogP contribution in [0.1, 0.15) is 17.5 Å². The van der Waals surface area contributed by atoms with Gasteiger partial charge in [0, 0.05) is 12.1 Å². The Morgan fingerprint density at radius 1 is 1.11 bits per heavy atom. The lowest BCUT2D eigenvalue weighted by Gasteiger charge is -2.37. The molecule has 6 atom stereocenters. The van der Waals surface area contributed by atoms with Crippen LogP contribution in [0.5, 0.6) is 11.5 Å². The maximum Gasteiger partial charge on any atom is 0.269 e. The number of halogens is 1. The van der Waals surface area contributed by atoms with Gasteiger partial charge in [-0.05, 0) is 88.1 Å².